The van der Waals surface area contributed by atoms with Crippen molar-refractivity contribution in [2.24, 2.45) is 0 Å². The Morgan fingerprint density at radius 2 is 1.83 bits per heavy atom. The zero-order chi connectivity index (χ0) is 17.0. The van der Waals surface area contributed by atoms with Crippen molar-refractivity contribution in [3.05, 3.63) is 29.8 Å². The molecule has 6 nitrogen and oxygen atoms in total. The van der Waals surface area contributed by atoms with Crippen LogP contribution in [-0.4, -0.2) is 69.6 Å². The number of hydrogen-bond donors (Lipinski definition) is 0. The molecule has 0 radical (unpaired) electrons. The van der Waals surface area contributed by atoms with Gasteiger partial charge in [0.05, 0.1) is 5.75 Å². The van der Waals surface area contributed by atoms with Crippen LogP contribution in [0.2, 0.25) is 0 Å². The van der Waals surface area contributed by atoms with Gasteiger partial charge in [-0.2, -0.15) is 0 Å². The number of benzene rings is 1. The summed E-state index contributed by atoms with van der Waals surface area (Å²) in [7, 11) is -0.342. The second kappa shape index (κ2) is 7.31. The summed E-state index contributed by atoms with van der Waals surface area (Å²) in [5.74, 6) is -0.212. The van der Waals surface area contributed by atoms with Crippen molar-refractivity contribution in [3.63, 3.8) is 0 Å². The van der Waals surface area contributed by atoms with Gasteiger partial charge in [-0.3, -0.25) is 4.79 Å². The zero-order valence-corrected chi connectivity index (χ0v) is 14.8. The summed E-state index contributed by atoms with van der Waals surface area (Å²) in [5, 5.41) is 0. The van der Waals surface area contributed by atoms with Crippen LogP contribution in [0.25, 0.3) is 0 Å². The molecule has 0 unspecified atom stereocenters. The number of anilines is 1. The molecule has 1 saturated heterocycles. The SMILES string of the molecule is Cc1cccc(N2CCN(C(=O)CCS(=O)(=O)N(C)C)CC2)c1. The predicted molar refractivity (Wildman–Crippen MR) is 92.1 cm³/mol. The van der Waals surface area contributed by atoms with Gasteiger partial charge in [0.25, 0.3) is 0 Å². The van der Waals surface area contributed by atoms with Gasteiger partial charge in [0.2, 0.25) is 15.9 Å². The van der Waals surface area contributed by atoms with Gasteiger partial charge in [0.1, 0.15) is 0 Å². The molecule has 1 amide bonds. The molecule has 0 N–H and O–H groups in total. The molecule has 0 saturated carbocycles. The van der Waals surface area contributed by atoms with Gasteiger partial charge in [-0.25, -0.2) is 12.7 Å². The summed E-state index contributed by atoms with van der Waals surface area (Å²) in [5.41, 5.74) is 2.39. The third kappa shape index (κ3) is 4.68. The van der Waals surface area contributed by atoms with Crippen LogP contribution < -0.4 is 4.90 Å². The number of hydrogen-bond acceptors (Lipinski definition) is 4. The van der Waals surface area contributed by atoms with Crippen molar-refractivity contribution in [3.8, 4) is 0 Å². The molecule has 0 spiro atoms. The van der Waals surface area contributed by atoms with Gasteiger partial charge in [-0.05, 0) is 24.6 Å². The highest BCUT2D eigenvalue weighted by Crippen LogP contribution is 2.18. The van der Waals surface area contributed by atoms with Crippen molar-refractivity contribution in [2.45, 2.75) is 13.3 Å². The first-order chi connectivity index (χ1) is 10.8. The second-order valence-corrected chi connectivity index (χ2v) is 8.36. The third-order valence-electron chi connectivity index (χ3n) is 4.13. The number of rotatable bonds is 5. The number of nitrogens with zero attached hydrogens (tertiary/aromatic N) is 3. The van der Waals surface area contributed by atoms with Crippen LogP contribution in [0.1, 0.15) is 12.0 Å². The molecule has 0 bridgehead atoms. The van der Waals surface area contributed by atoms with Gasteiger partial charge in [0, 0.05) is 52.4 Å². The number of aryl methyl sites for hydroxylation is 1. The number of sulfonamides is 1. The van der Waals surface area contributed by atoms with Crippen molar-refractivity contribution in [2.75, 3.05) is 50.9 Å². The first-order valence-electron chi connectivity index (χ1n) is 7.79. The largest absolute Gasteiger partial charge is 0.368 e. The minimum atomic E-state index is -3.32. The lowest BCUT2D eigenvalue weighted by molar-refractivity contribution is -0.131. The van der Waals surface area contributed by atoms with E-state index in [1.807, 2.05) is 6.07 Å². The quantitative estimate of drug-likeness (QED) is 0.800. The maximum Gasteiger partial charge on any atom is 0.223 e. The van der Waals surface area contributed by atoms with Crippen LogP contribution in [0.5, 0.6) is 0 Å². The fourth-order valence-electron chi connectivity index (χ4n) is 2.60. The highest BCUT2D eigenvalue weighted by Gasteiger charge is 2.23. The van der Waals surface area contributed by atoms with Crippen LogP contribution in [-0.2, 0) is 14.8 Å². The third-order valence-corrected chi connectivity index (χ3v) is 5.96. The highest BCUT2D eigenvalue weighted by atomic mass is 32.2. The average Bonchev–Trinajstić information content (AvgIpc) is 2.52. The molecule has 23 heavy (non-hydrogen) atoms. The van der Waals surface area contributed by atoms with Gasteiger partial charge in [-0.1, -0.05) is 12.1 Å². The topological polar surface area (TPSA) is 60.9 Å². The van der Waals surface area contributed by atoms with Gasteiger partial charge >= 0.3 is 0 Å². The summed E-state index contributed by atoms with van der Waals surface area (Å²) in [4.78, 5) is 16.2. The monoisotopic (exact) mass is 339 g/mol. The smallest absolute Gasteiger partial charge is 0.223 e. The van der Waals surface area contributed by atoms with E-state index in [0.29, 0.717) is 13.1 Å². The Hall–Kier alpha value is -1.60. The van der Waals surface area contributed by atoms with Crippen molar-refractivity contribution >= 4 is 21.6 Å². The van der Waals surface area contributed by atoms with Crippen molar-refractivity contribution < 1.29 is 13.2 Å². The number of carbonyl (C=O) groups is 1. The fraction of sp³-hybridized carbons (Fsp3) is 0.562. The van der Waals surface area contributed by atoms with Crippen LogP contribution in [0.15, 0.2) is 24.3 Å². The van der Waals surface area contributed by atoms with E-state index in [4.69, 9.17) is 0 Å². The summed E-state index contributed by atoms with van der Waals surface area (Å²) < 4.78 is 24.6. The minimum Gasteiger partial charge on any atom is -0.368 e. The molecule has 1 fully saturated rings. The lowest BCUT2D eigenvalue weighted by Crippen LogP contribution is -2.49. The normalized spacial score (nSPS) is 16.0. The van der Waals surface area contributed by atoms with Crippen LogP contribution in [0, 0.1) is 6.92 Å². The maximum atomic E-state index is 12.2. The molecule has 0 aromatic heterocycles. The van der Waals surface area contributed by atoms with Crippen LogP contribution >= 0.6 is 0 Å². The zero-order valence-electron chi connectivity index (χ0n) is 14.0. The molecular formula is C16H25N3O3S. The second-order valence-electron chi connectivity index (χ2n) is 6.06. The molecule has 1 aliphatic heterocycles. The van der Waals surface area contributed by atoms with E-state index in [-0.39, 0.29) is 18.1 Å². The van der Waals surface area contributed by atoms with E-state index in [1.165, 1.54) is 25.3 Å². The molecule has 1 aromatic carbocycles. The predicted octanol–water partition coefficient (Wildman–Crippen LogP) is 0.925. The van der Waals surface area contributed by atoms with E-state index >= 15 is 0 Å². The summed E-state index contributed by atoms with van der Waals surface area (Å²) in [6.45, 7) is 4.88. The molecule has 1 aliphatic rings. The van der Waals surface area contributed by atoms with Crippen molar-refractivity contribution in [1.82, 2.24) is 9.21 Å². The Labute approximate surface area is 138 Å². The Kier molecular flexibility index (Phi) is 5.64. The summed E-state index contributed by atoms with van der Waals surface area (Å²) >= 11 is 0. The van der Waals surface area contributed by atoms with Gasteiger partial charge < -0.3 is 9.80 Å². The lowest BCUT2D eigenvalue weighted by Gasteiger charge is -2.36. The Balaban J connectivity index is 1.85. The molecular weight excluding hydrogens is 314 g/mol. The Morgan fingerprint density at radius 3 is 2.39 bits per heavy atom. The summed E-state index contributed by atoms with van der Waals surface area (Å²) in [6, 6.07) is 8.32. The molecule has 2 rings (SSSR count). The molecule has 0 atom stereocenters. The summed E-state index contributed by atoms with van der Waals surface area (Å²) in [6.07, 6.45) is 0.0466. The van der Waals surface area contributed by atoms with E-state index in [2.05, 4.69) is 30.0 Å². The minimum absolute atomic E-state index is 0.0466. The lowest BCUT2D eigenvalue weighted by atomic mass is 10.2. The molecule has 0 aliphatic carbocycles. The maximum absolute atomic E-state index is 12.2. The standard InChI is InChI=1S/C16H25N3O3S/c1-14-5-4-6-15(13-14)18-8-10-19(11-9-18)16(20)7-12-23(21,22)17(2)3/h4-6,13H,7-12H2,1-3H3. The Bertz CT molecular complexity index is 650. The molecule has 128 valence electrons. The van der Waals surface area contributed by atoms with E-state index < -0.39 is 10.0 Å². The van der Waals surface area contributed by atoms with Gasteiger partial charge in [0.15, 0.2) is 0 Å². The molecule has 1 heterocycles. The van der Waals surface area contributed by atoms with E-state index in [9.17, 15) is 13.2 Å². The molecule has 1 aromatic rings. The first kappa shape index (κ1) is 17.7. The Morgan fingerprint density at radius 1 is 1.17 bits per heavy atom. The first-order valence-corrected chi connectivity index (χ1v) is 9.40. The number of carbonyl (C=O) groups excluding carboxylic acids is 1. The van der Waals surface area contributed by atoms with E-state index in [1.54, 1.807) is 4.90 Å². The fourth-order valence-corrected chi connectivity index (χ4v) is 3.39. The molecule has 7 heteroatoms. The van der Waals surface area contributed by atoms with E-state index in [0.717, 1.165) is 17.4 Å². The highest BCUT2D eigenvalue weighted by molar-refractivity contribution is 7.89. The van der Waals surface area contributed by atoms with Gasteiger partial charge in [-0.15, -0.1) is 0 Å². The number of amides is 1. The average molecular weight is 339 g/mol. The van der Waals surface area contributed by atoms with Crippen LogP contribution in [0.4, 0.5) is 5.69 Å². The van der Waals surface area contributed by atoms with Crippen molar-refractivity contribution in [1.29, 1.82) is 0 Å². The number of piperazine rings is 1. The van der Waals surface area contributed by atoms with Crippen LogP contribution in [0.3, 0.4) is 0 Å².